The Morgan fingerprint density at radius 2 is 1.90 bits per heavy atom. The van der Waals surface area contributed by atoms with Crippen LogP contribution < -0.4 is 0 Å². The van der Waals surface area contributed by atoms with Gasteiger partial charge in [0.15, 0.2) is 0 Å². The lowest BCUT2D eigenvalue weighted by Crippen LogP contribution is -2.28. The van der Waals surface area contributed by atoms with Crippen LogP contribution in [0.25, 0.3) is 0 Å². The number of carbonyl (C=O) groups excluding carboxylic acids is 1. The maximum Gasteiger partial charge on any atom is 0.335 e. The second-order valence-electron chi connectivity index (χ2n) is 5.80. The van der Waals surface area contributed by atoms with E-state index in [0.717, 1.165) is 24.0 Å². The number of hydrogen-bond acceptors (Lipinski definition) is 3. The molecule has 5 heteroatoms. The first-order valence-corrected chi connectivity index (χ1v) is 8.49. The van der Waals surface area contributed by atoms with Crippen LogP contribution in [0.3, 0.4) is 0 Å². The summed E-state index contributed by atoms with van der Waals surface area (Å²) in [5, 5.41) is 9.02. The van der Waals surface area contributed by atoms with Crippen LogP contribution >= 0.6 is 11.8 Å². The maximum absolute atomic E-state index is 12.4. The third-order valence-electron chi connectivity index (χ3n) is 4.33. The molecule has 0 radical (unpaired) electrons. The molecule has 0 bridgehead atoms. The molecule has 1 saturated heterocycles. The van der Waals surface area contributed by atoms with Gasteiger partial charge in [-0.1, -0.05) is 6.07 Å². The van der Waals surface area contributed by atoms with Crippen LogP contribution in [-0.4, -0.2) is 33.4 Å². The van der Waals surface area contributed by atoms with Gasteiger partial charge in [0, 0.05) is 19.5 Å². The lowest BCUT2D eigenvalue weighted by Gasteiger charge is -2.23. The first-order valence-electron chi connectivity index (χ1n) is 7.34. The molecule has 0 unspecified atom stereocenters. The number of amides is 1. The van der Waals surface area contributed by atoms with Crippen molar-refractivity contribution in [3.63, 3.8) is 0 Å². The van der Waals surface area contributed by atoms with E-state index in [0.29, 0.717) is 31.0 Å². The van der Waals surface area contributed by atoms with Gasteiger partial charge in [-0.2, -0.15) is 11.8 Å². The molecule has 112 valence electrons. The van der Waals surface area contributed by atoms with Gasteiger partial charge in [-0.15, -0.1) is 0 Å². The summed E-state index contributed by atoms with van der Waals surface area (Å²) in [6.07, 6.45) is 2.92. The summed E-state index contributed by atoms with van der Waals surface area (Å²) in [5.74, 6) is 2.15. The molecular formula is C16H19NO3S. The Hall–Kier alpha value is -1.49. The SMILES string of the molecule is O=C(O)c1ccc2c(c1)CN(C(=O)CC1CCSCC1)C2. The standard InChI is InChI=1S/C16H19NO3S/c18-15(7-11-3-5-21-6-4-11)17-9-13-2-1-12(16(19)20)8-14(13)10-17/h1-2,8,11H,3-7,9-10H2,(H,19,20). The highest BCUT2D eigenvalue weighted by atomic mass is 32.2. The number of carboxylic acid groups (broad SMARTS) is 1. The second-order valence-corrected chi connectivity index (χ2v) is 7.02. The van der Waals surface area contributed by atoms with Gasteiger partial charge in [0.05, 0.1) is 5.56 Å². The third kappa shape index (κ3) is 3.23. The molecule has 2 aliphatic rings. The minimum Gasteiger partial charge on any atom is -0.478 e. The van der Waals surface area contributed by atoms with Crippen molar-refractivity contribution in [2.75, 3.05) is 11.5 Å². The molecule has 2 aliphatic heterocycles. The Balaban J connectivity index is 1.63. The third-order valence-corrected chi connectivity index (χ3v) is 5.38. The number of carbonyl (C=O) groups is 2. The van der Waals surface area contributed by atoms with Gasteiger partial charge in [0.25, 0.3) is 0 Å². The zero-order valence-corrected chi connectivity index (χ0v) is 12.7. The van der Waals surface area contributed by atoms with E-state index in [1.54, 1.807) is 12.1 Å². The topological polar surface area (TPSA) is 57.6 Å². The van der Waals surface area contributed by atoms with Crippen molar-refractivity contribution in [1.29, 1.82) is 0 Å². The molecule has 0 spiro atoms. The van der Waals surface area contributed by atoms with E-state index in [-0.39, 0.29) is 5.91 Å². The van der Waals surface area contributed by atoms with Crippen molar-refractivity contribution in [2.24, 2.45) is 5.92 Å². The molecule has 0 aromatic heterocycles. The Morgan fingerprint density at radius 3 is 2.62 bits per heavy atom. The van der Waals surface area contributed by atoms with Crippen molar-refractivity contribution in [1.82, 2.24) is 4.90 Å². The minimum absolute atomic E-state index is 0.208. The van der Waals surface area contributed by atoms with Crippen LogP contribution in [0.1, 0.15) is 40.7 Å². The number of aromatic carboxylic acids is 1. The lowest BCUT2D eigenvalue weighted by molar-refractivity contribution is -0.132. The van der Waals surface area contributed by atoms with Gasteiger partial charge in [-0.3, -0.25) is 4.79 Å². The van der Waals surface area contributed by atoms with Crippen molar-refractivity contribution in [2.45, 2.75) is 32.4 Å². The van der Waals surface area contributed by atoms with Crippen molar-refractivity contribution >= 4 is 23.6 Å². The highest BCUT2D eigenvalue weighted by molar-refractivity contribution is 7.99. The van der Waals surface area contributed by atoms with E-state index in [1.165, 1.54) is 11.5 Å². The molecule has 0 saturated carbocycles. The summed E-state index contributed by atoms with van der Waals surface area (Å²) in [6.45, 7) is 1.17. The van der Waals surface area contributed by atoms with Crippen LogP contribution in [0, 0.1) is 5.92 Å². The second kappa shape index (κ2) is 6.10. The zero-order chi connectivity index (χ0) is 14.8. The van der Waals surface area contributed by atoms with Crippen LogP contribution in [0.15, 0.2) is 18.2 Å². The number of carboxylic acids is 1. The molecule has 1 aromatic rings. The summed E-state index contributed by atoms with van der Waals surface area (Å²) in [7, 11) is 0. The van der Waals surface area contributed by atoms with Gasteiger partial charge in [0.1, 0.15) is 0 Å². The molecular weight excluding hydrogens is 286 g/mol. The van der Waals surface area contributed by atoms with E-state index in [1.807, 2.05) is 22.7 Å². The van der Waals surface area contributed by atoms with Crippen molar-refractivity contribution < 1.29 is 14.7 Å². The number of hydrogen-bond donors (Lipinski definition) is 1. The van der Waals surface area contributed by atoms with E-state index < -0.39 is 5.97 Å². The molecule has 0 atom stereocenters. The Morgan fingerprint density at radius 1 is 1.19 bits per heavy atom. The van der Waals surface area contributed by atoms with Gasteiger partial charge in [-0.25, -0.2) is 4.79 Å². The quantitative estimate of drug-likeness (QED) is 0.933. The van der Waals surface area contributed by atoms with Gasteiger partial charge in [0.2, 0.25) is 5.91 Å². The predicted molar refractivity (Wildman–Crippen MR) is 82.3 cm³/mol. The number of benzene rings is 1. The highest BCUT2D eigenvalue weighted by Gasteiger charge is 2.26. The van der Waals surface area contributed by atoms with Crippen LogP contribution in [0.2, 0.25) is 0 Å². The van der Waals surface area contributed by atoms with Crippen molar-refractivity contribution in [3.05, 3.63) is 34.9 Å². The largest absolute Gasteiger partial charge is 0.478 e. The number of nitrogens with zero attached hydrogens (tertiary/aromatic N) is 1. The zero-order valence-electron chi connectivity index (χ0n) is 11.9. The maximum atomic E-state index is 12.4. The fourth-order valence-corrected chi connectivity index (χ4v) is 4.23. The van der Waals surface area contributed by atoms with E-state index >= 15 is 0 Å². The lowest BCUT2D eigenvalue weighted by atomic mass is 9.98. The number of thioether (sulfide) groups is 1. The minimum atomic E-state index is -0.915. The Bertz CT molecular complexity index is 567. The average molecular weight is 305 g/mol. The smallest absolute Gasteiger partial charge is 0.335 e. The highest BCUT2D eigenvalue weighted by Crippen LogP contribution is 2.29. The molecule has 0 aliphatic carbocycles. The molecule has 1 aromatic carbocycles. The first-order chi connectivity index (χ1) is 10.1. The molecule has 21 heavy (non-hydrogen) atoms. The molecule has 1 amide bonds. The van der Waals surface area contributed by atoms with Crippen LogP contribution in [0.5, 0.6) is 0 Å². The van der Waals surface area contributed by atoms with Crippen LogP contribution in [-0.2, 0) is 17.9 Å². The summed E-state index contributed by atoms with van der Waals surface area (Å²) in [4.78, 5) is 25.3. The van der Waals surface area contributed by atoms with Gasteiger partial charge < -0.3 is 10.0 Å². The molecule has 2 heterocycles. The molecule has 1 fully saturated rings. The number of fused-ring (bicyclic) bond motifs is 1. The predicted octanol–water partition coefficient (Wildman–Crippen LogP) is 2.76. The Labute approximate surface area is 128 Å². The number of rotatable bonds is 3. The van der Waals surface area contributed by atoms with Gasteiger partial charge >= 0.3 is 5.97 Å². The monoisotopic (exact) mass is 305 g/mol. The van der Waals surface area contributed by atoms with E-state index in [9.17, 15) is 9.59 Å². The van der Waals surface area contributed by atoms with E-state index in [2.05, 4.69) is 0 Å². The molecule has 4 nitrogen and oxygen atoms in total. The fourth-order valence-electron chi connectivity index (χ4n) is 3.03. The normalized spacial score (nSPS) is 18.6. The first kappa shape index (κ1) is 14.4. The summed E-state index contributed by atoms with van der Waals surface area (Å²) in [5.41, 5.74) is 2.35. The molecule has 1 N–H and O–H groups in total. The van der Waals surface area contributed by atoms with Crippen molar-refractivity contribution in [3.8, 4) is 0 Å². The summed E-state index contributed by atoms with van der Waals surface area (Å²) >= 11 is 1.97. The fraction of sp³-hybridized carbons (Fsp3) is 0.500. The molecule has 3 rings (SSSR count). The van der Waals surface area contributed by atoms with Crippen LogP contribution in [0.4, 0.5) is 0 Å². The van der Waals surface area contributed by atoms with E-state index in [4.69, 9.17) is 5.11 Å². The summed E-state index contributed by atoms with van der Waals surface area (Å²) in [6, 6.07) is 5.15. The average Bonchev–Trinajstić information content (AvgIpc) is 2.91. The van der Waals surface area contributed by atoms with Gasteiger partial charge in [-0.05, 0) is 53.5 Å². The summed E-state index contributed by atoms with van der Waals surface area (Å²) < 4.78 is 0. The Kier molecular flexibility index (Phi) is 4.19.